The standard InChI is InChI=1S/C18H23N3O3/c1-3-9-19-17-13-14(8-10-20-17)18(22)21-11-12-24-16-6-4-15(23-2)5-7-16/h4-8,10,13H,3,9,11-12H2,1-2H3,(H,19,20)(H,21,22). The van der Waals surface area contributed by atoms with E-state index in [4.69, 9.17) is 9.47 Å². The molecule has 0 aliphatic rings. The van der Waals surface area contributed by atoms with Crippen molar-refractivity contribution < 1.29 is 14.3 Å². The lowest BCUT2D eigenvalue weighted by Crippen LogP contribution is -2.28. The Hall–Kier alpha value is -2.76. The number of rotatable bonds is 9. The Kier molecular flexibility index (Phi) is 6.89. The second-order valence-electron chi connectivity index (χ2n) is 5.14. The van der Waals surface area contributed by atoms with Crippen molar-refractivity contribution in [2.45, 2.75) is 13.3 Å². The number of hydrogen-bond donors (Lipinski definition) is 2. The molecule has 128 valence electrons. The van der Waals surface area contributed by atoms with Crippen LogP contribution in [0.3, 0.4) is 0 Å². The van der Waals surface area contributed by atoms with Crippen LogP contribution >= 0.6 is 0 Å². The van der Waals surface area contributed by atoms with Crippen LogP contribution in [0, 0.1) is 0 Å². The van der Waals surface area contributed by atoms with Gasteiger partial charge in [0.2, 0.25) is 0 Å². The van der Waals surface area contributed by atoms with E-state index in [1.165, 1.54) is 0 Å². The predicted molar refractivity (Wildman–Crippen MR) is 93.8 cm³/mol. The summed E-state index contributed by atoms with van der Waals surface area (Å²) >= 11 is 0. The molecule has 0 saturated carbocycles. The normalized spacial score (nSPS) is 10.1. The van der Waals surface area contributed by atoms with Crippen LogP contribution in [0.4, 0.5) is 5.82 Å². The maximum absolute atomic E-state index is 12.1. The summed E-state index contributed by atoms with van der Waals surface area (Å²) in [5.74, 6) is 2.08. The van der Waals surface area contributed by atoms with Crippen molar-refractivity contribution >= 4 is 11.7 Å². The fourth-order valence-corrected chi connectivity index (χ4v) is 2.03. The van der Waals surface area contributed by atoms with Gasteiger partial charge < -0.3 is 20.1 Å². The number of nitrogens with one attached hydrogen (secondary N) is 2. The van der Waals surface area contributed by atoms with Gasteiger partial charge in [-0.05, 0) is 42.8 Å². The first-order chi connectivity index (χ1) is 11.7. The van der Waals surface area contributed by atoms with Crippen LogP contribution in [0.5, 0.6) is 11.5 Å². The van der Waals surface area contributed by atoms with Gasteiger partial charge in [0.05, 0.1) is 13.7 Å². The predicted octanol–water partition coefficient (Wildman–Crippen LogP) is 2.72. The molecule has 2 aromatic rings. The third kappa shape index (κ3) is 5.46. The van der Waals surface area contributed by atoms with Gasteiger partial charge in [0.25, 0.3) is 5.91 Å². The lowest BCUT2D eigenvalue weighted by Gasteiger charge is -2.09. The molecule has 0 fully saturated rings. The average molecular weight is 329 g/mol. The third-order valence-corrected chi connectivity index (χ3v) is 3.29. The molecule has 0 atom stereocenters. The zero-order valence-corrected chi connectivity index (χ0v) is 14.0. The minimum Gasteiger partial charge on any atom is -0.497 e. The first-order valence-corrected chi connectivity index (χ1v) is 7.98. The maximum Gasteiger partial charge on any atom is 0.251 e. The van der Waals surface area contributed by atoms with Crippen molar-refractivity contribution in [3.8, 4) is 11.5 Å². The van der Waals surface area contributed by atoms with Gasteiger partial charge in [-0.1, -0.05) is 6.92 Å². The molecule has 1 amide bonds. The number of methoxy groups -OCH3 is 1. The lowest BCUT2D eigenvalue weighted by atomic mass is 10.2. The second kappa shape index (κ2) is 9.39. The van der Waals surface area contributed by atoms with E-state index >= 15 is 0 Å². The molecule has 0 aliphatic heterocycles. The van der Waals surface area contributed by atoms with Gasteiger partial charge in [-0.15, -0.1) is 0 Å². The molecule has 6 nitrogen and oxygen atoms in total. The van der Waals surface area contributed by atoms with Crippen molar-refractivity contribution in [3.05, 3.63) is 48.2 Å². The number of amides is 1. The van der Waals surface area contributed by atoms with E-state index in [1.807, 2.05) is 24.3 Å². The van der Waals surface area contributed by atoms with Crippen LogP contribution in [0.15, 0.2) is 42.6 Å². The molecule has 1 aromatic heterocycles. The minimum atomic E-state index is -0.143. The number of anilines is 1. The Morgan fingerprint density at radius 2 is 1.88 bits per heavy atom. The molecule has 0 radical (unpaired) electrons. The largest absolute Gasteiger partial charge is 0.497 e. The van der Waals surface area contributed by atoms with Gasteiger partial charge in [-0.25, -0.2) is 4.98 Å². The van der Waals surface area contributed by atoms with Crippen molar-refractivity contribution in [2.24, 2.45) is 0 Å². The molecule has 1 aromatic carbocycles. The summed E-state index contributed by atoms with van der Waals surface area (Å²) in [6.07, 6.45) is 2.63. The molecular weight excluding hydrogens is 306 g/mol. The zero-order valence-electron chi connectivity index (χ0n) is 14.0. The highest BCUT2D eigenvalue weighted by Gasteiger charge is 2.06. The highest BCUT2D eigenvalue weighted by molar-refractivity contribution is 5.94. The fraction of sp³-hybridized carbons (Fsp3) is 0.333. The van der Waals surface area contributed by atoms with Gasteiger partial charge in [0.1, 0.15) is 23.9 Å². The summed E-state index contributed by atoms with van der Waals surface area (Å²) in [6.45, 7) is 3.72. The summed E-state index contributed by atoms with van der Waals surface area (Å²) in [5.41, 5.74) is 0.577. The monoisotopic (exact) mass is 329 g/mol. The molecular formula is C18H23N3O3. The maximum atomic E-state index is 12.1. The summed E-state index contributed by atoms with van der Waals surface area (Å²) in [7, 11) is 1.62. The summed E-state index contributed by atoms with van der Waals surface area (Å²) < 4.78 is 10.7. The van der Waals surface area contributed by atoms with Crippen molar-refractivity contribution in [3.63, 3.8) is 0 Å². The van der Waals surface area contributed by atoms with E-state index in [0.717, 1.165) is 24.5 Å². The van der Waals surface area contributed by atoms with Gasteiger partial charge in [-0.3, -0.25) is 4.79 Å². The van der Waals surface area contributed by atoms with Crippen LogP contribution in [0.25, 0.3) is 0 Å². The average Bonchev–Trinajstić information content (AvgIpc) is 2.64. The van der Waals surface area contributed by atoms with E-state index in [1.54, 1.807) is 25.4 Å². The topological polar surface area (TPSA) is 72.5 Å². The van der Waals surface area contributed by atoms with Crippen molar-refractivity contribution in [1.29, 1.82) is 0 Å². The molecule has 0 spiro atoms. The Labute approximate surface area is 142 Å². The molecule has 0 aliphatic carbocycles. The molecule has 2 rings (SSSR count). The van der Waals surface area contributed by atoms with Crippen LogP contribution in [-0.2, 0) is 0 Å². The molecule has 2 N–H and O–H groups in total. The molecule has 24 heavy (non-hydrogen) atoms. The van der Waals surface area contributed by atoms with E-state index in [-0.39, 0.29) is 5.91 Å². The van der Waals surface area contributed by atoms with Crippen molar-refractivity contribution in [1.82, 2.24) is 10.3 Å². The van der Waals surface area contributed by atoms with Gasteiger partial charge in [0, 0.05) is 18.3 Å². The number of nitrogens with zero attached hydrogens (tertiary/aromatic N) is 1. The number of carbonyl (C=O) groups is 1. The number of carbonyl (C=O) groups excluding carboxylic acids is 1. The Balaban J connectivity index is 1.76. The van der Waals surface area contributed by atoms with E-state index in [9.17, 15) is 4.79 Å². The molecule has 1 heterocycles. The van der Waals surface area contributed by atoms with Crippen LogP contribution < -0.4 is 20.1 Å². The Morgan fingerprint density at radius 3 is 2.58 bits per heavy atom. The van der Waals surface area contributed by atoms with Crippen LogP contribution in [-0.4, -0.2) is 37.7 Å². The van der Waals surface area contributed by atoms with Gasteiger partial charge >= 0.3 is 0 Å². The highest BCUT2D eigenvalue weighted by Crippen LogP contribution is 2.16. The zero-order chi connectivity index (χ0) is 17.2. The fourth-order valence-electron chi connectivity index (χ4n) is 2.03. The number of pyridine rings is 1. The first-order valence-electron chi connectivity index (χ1n) is 7.98. The second-order valence-corrected chi connectivity index (χ2v) is 5.14. The Bertz CT molecular complexity index is 644. The molecule has 0 bridgehead atoms. The number of ether oxygens (including phenoxy) is 2. The van der Waals surface area contributed by atoms with Crippen molar-refractivity contribution in [2.75, 3.05) is 32.1 Å². The highest BCUT2D eigenvalue weighted by atomic mass is 16.5. The van der Waals surface area contributed by atoms with E-state index in [2.05, 4.69) is 22.5 Å². The summed E-state index contributed by atoms with van der Waals surface area (Å²) in [6, 6.07) is 10.8. The smallest absolute Gasteiger partial charge is 0.251 e. The minimum absolute atomic E-state index is 0.143. The molecule has 6 heteroatoms. The SMILES string of the molecule is CCCNc1cc(C(=O)NCCOc2ccc(OC)cc2)ccn1. The quantitative estimate of drug-likeness (QED) is 0.692. The van der Waals surface area contributed by atoms with Crippen LogP contribution in [0.1, 0.15) is 23.7 Å². The van der Waals surface area contributed by atoms with Gasteiger partial charge in [0.15, 0.2) is 0 Å². The number of aromatic nitrogens is 1. The summed E-state index contributed by atoms with van der Waals surface area (Å²) in [5, 5.41) is 5.99. The van der Waals surface area contributed by atoms with Gasteiger partial charge in [-0.2, -0.15) is 0 Å². The first kappa shape index (κ1) is 17.6. The van der Waals surface area contributed by atoms with Crippen LogP contribution in [0.2, 0.25) is 0 Å². The lowest BCUT2D eigenvalue weighted by molar-refractivity contribution is 0.0947. The number of benzene rings is 1. The summed E-state index contributed by atoms with van der Waals surface area (Å²) in [4.78, 5) is 16.3. The third-order valence-electron chi connectivity index (χ3n) is 3.29. The Morgan fingerprint density at radius 1 is 1.12 bits per heavy atom. The van der Waals surface area contributed by atoms with E-state index in [0.29, 0.717) is 24.5 Å². The molecule has 0 unspecified atom stereocenters. The van der Waals surface area contributed by atoms with E-state index < -0.39 is 0 Å². The number of hydrogen-bond acceptors (Lipinski definition) is 5. The molecule has 0 saturated heterocycles.